The number of carbonyl (C=O) groups excluding carboxylic acids is 1. The fourth-order valence-corrected chi connectivity index (χ4v) is 1.66. The van der Waals surface area contributed by atoms with E-state index in [0.717, 1.165) is 10.9 Å². The lowest BCUT2D eigenvalue weighted by Gasteiger charge is -2.07. The van der Waals surface area contributed by atoms with Gasteiger partial charge in [-0.1, -0.05) is 0 Å². The van der Waals surface area contributed by atoms with Crippen LogP contribution in [-0.2, 0) is 0 Å². The highest BCUT2D eigenvalue weighted by Gasteiger charge is 2.09. The molecule has 2 rings (SSSR count). The fourth-order valence-electron chi connectivity index (χ4n) is 1.66. The third-order valence-corrected chi connectivity index (χ3v) is 2.40. The molecule has 0 saturated heterocycles. The Balaban J connectivity index is 2.59. The monoisotopic (exact) mass is 231 g/mol. The van der Waals surface area contributed by atoms with E-state index in [-0.39, 0.29) is 5.91 Å². The van der Waals surface area contributed by atoms with Gasteiger partial charge in [0.25, 0.3) is 5.91 Å². The van der Waals surface area contributed by atoms with Crippen molar-refractivity contribution in [3.8, 4) is 5.75 Å². The first kappa shape index (κ1) is 11.3. The summed E-state index contributed by atoms with van der Waals surface area (Å²) >= 11 is 0. The van der Waals surface area contributed by atoms with Crippen molar-refractivity contribution in [1.82, 2.24) is 10.4 Å². The summed E-state index contributed by atoms with van der Waals surface area (Å²) in [6, 6.07) is 7.05. The second kappa shape index (κ2) is 4.80. The third-order valence-electron chi connectivity index (χ3n) is 2.40. The molecule has 5 heteroatoms. The third kappa shape index (κ3) is 2.19. The Morgan fingerprint density at radius 2 is 2.29 bits per heavy atom. The Kier molecular flexibility index (Phi) is 3.20. The van der Waals surface area contributed by atoms with Gasteiger partial charge in [-0.3, -0.25) is 15.2 Å². The first-order chi connectivity index (χ1) is 8.26. The van der Waals surface area contributed by atoms with Gasteiger partial charge in [0, 0.05) is 11.6 Å². The average Bonchev–Trinajstić information content (AvgIpc) is 2.37. The van der Waals surface area contributed by atoms with Gasteiger partial charge in [-0.2, -0.15) is 0 Å². The Hall–Kier alpha value is -2.14. The number of carbonyl (C=O) groups is 1. The number of nitrogens with two attached hydrogens (primary N) is 1. The topological polar surface area (TPSA) is 77.2 Å². The second-order valence-electron chi connectivity index (χ2n) is 3.44. The summed E-state index contributed by atoms with van der Waals surface area (Å²) < 4.78 is 5.39. The Labute approximate surface area is 98.6 Å². The summed E-state index contributed by atoms with van der Waals surface area (Å²) in [6.07, 6.45) is 1.58. The molecule has 0 aliphatic rings. The van der Waals surface area contributed by atoms with Crippen LogP contribution in [0.5, 0.6) is 5.75 Å². The number of aromatic nitrogens is 1. The molecule has 0 spiro atoms. The minimum Gasteiger partial charge on any atom is -0.494 e. The van der Waals surface area contributed by atoms with Crippen molar-refractivity contribution in [2.75, 3.05) is 6.61 Å². The van der Waals surface area contributed by atoms with Crippen LogP contribution in [0.3, 0.4) is 0 Å². The van der Waals surface area contributed by atoms with Crippen LogP contribution < -0.4 is 16.0 Å². The second-order valence-corrected chi connectivity index (χ2v) is 3.44. The summed E-state index contributed by atoms with van der Waals surface area (Å²) in [5, 5.41) is 0.724. The van der Waals surface area contributed by atoms with Crippen LogP contribution >= 0.6 is 0 Å². The highest BCUT2D eigenvalue weighted by Crippen LogP contribution is 2.22. The first-order valence-electron chi connectivity index (χ1n) is 5.28. The molecular formula is C12H13N3O2. The molecule has 5 nitrogen and oxygen atoms in total. The quantitative estimate of drug-likeness (QED) is 0.473. The first-order valence-corrected chi connectivity index (χ1v) is 5.28. The molecular weight excluding hydrogens is 218 g/mol. The lowest BCUT2D eigenvalue weighted by molar-refractivity contribution is 0.0955. The molecule has 0 aliphatic carbocycles. The molecule has 3 N–H and O–H groups in total. The van der Waals surface area contributed by atoms with Crippen LogP contribution in [0.2, 0.25) is 0 Å². The van der Waals surface area contributed by atoms with Gasteiger partial charge < -0.3 is 4.74 Å². The molecule has 0 fully saturated rings. The lowest BCUT2D eigenvalue weighted by Crippen LogP contribution is -2.30. The van der Waals surface area contributed by atoms with Gasteiger partial charge >= 0.3 is 0 Å². The van der Waals surface area contributed by atoms with Crippen molar-refractivity contribution < 1.29 is 9.53 Å². The van der Waals surface area contributed by atoms with Crippen molar-refractivity contribution in [1.29, 1.82) is 0 Å². The molecule has 1 aromatic heterocycles. The average molecular weight is 231 g/mol. The predicted octanol–water partition coefficient (Wildman–Crippen LogP) is 1.24. The number of ether oxygens (including phenoxy) is 1. The predicted molar refractivity (Wildman–Crippen MR) is 64.6 cm³/mol. The molecule has 1 amide bonds. The van der Waals surface area contributed by atoms with Crippen LogP contribution in [0.1, 0.15) is 17.3 Å². The Morgan fingerprint density at radius 3 is 3.00 bits per heavy atom. The minimum absolute atomic E-state index is 0.342. The standard InChI is InChI=1S/C12H13N3O2/c1-2-17-8-3-4-11-10(7-8)9(5-6-14-11)12(16)15-13/h3-7H,2,13H2,1H3,(H,15,16). The van der Waals surface area contributed by atoms with Gasteiger partial charge in [0.2, 0.25) is 0 Å². The molecule has 0 bridgehead atoms. The largest absolute Gasteiger partial charge is 0.494 e. The number of hydrogen-bond donors (Lipinski definition) is 2. The SMILES string of the molecule is CCOc1ccc2nccc(C(=O)NN)c2c1. The number of nitrogens with one attached hydrogen (secondary N) is 1. The molecule has 88 valence electrons. The Bertz CT molecular complexity index is 554. The van der Waals surface area contributed by atoms with Gasteiger partial charge in [0.05, 0.1) is 17.7 Å². The van der Waals surface area contributed by atoms with E-state index in [1.165, 1.54) is 0 Å². The molecule has 0 atom stereocenters. The van der Waals surface area contributed by atoms with E-state index in [2.05, 4.69) is 10.4 Å². The van der Waals surface area contributed by atoms with E-state index < -0.39 is 0 Å². The Morgan fingerprint density at radius 1 is 1.47 bits per heavy atom. The number of hydrazine groups is 1. The molecule has 0 unspecified atom stereocenters. The number of pyridine rings is 1. The minimum atomic E-state index is -0.342. The summed E-state index contributed by atoms with van der Waals surface area (Å²) in [4.78, 5) is 15.8. The van der Waals surface area contributed by atoms with Gasteiger partial charge in [-0.05, 0) is 31.2 Å². The highest BCUT2D eigenvalue weighted by atomic mass is 16.5. The lowest BCUT2D eigenvalue weighted by atomic mass is 10.1. The van der Waals surface area contributed by atoms with Crippen LogP contribution in [-0.4, -0.2) is 17.5 Å². The number of amides is 1. The van der Waals surface area contributed by atoms with Crippen LogP contribution in [0.15, 0.2) is 30.5 Å². The summed E-state index contributed by atoms with van der Waals surface area (Å²) in [6.45, 7) is 2.48. The normalized spacial score (nSPS) is 10.2. The van der Waals surface area contributed by atoms with E-state index in [0.29, 0.717) is 17.9 Å². The molecule has 0 radical (unpaired) electrons. The van der Waals surface area contributed by atoms with E-state index >= 15 is 0 Å². The van der Waals surface area contributed by atoms with Crippen molar-refractivity contribution in [3.63, 3.8) is 0 Å². The zero-order chi connectivity index (χ0) is 12.3. The molecule has 17 heavy (non-hydrogen) atoms. The zero-order valence-corrected chi connectivity index (χ0v) is 9.43. The van der Waals surface area contributed by atoms with E-state index in [1.54, 1.807) is 18.3 Å². The van der Waals surface area contributed by atoms with E-state index in [4.69, 9.17) is 10.6 Å². The number of benzene rings is 1. The van der Waals surface area contributed by atoms with Crippen molar-refractivity contribution in [2.24, 2.45) is 5.84 Å². The smallest absolute Gasteiger partial charge is 0.265 e. The summed E-state index contributed by atoms with van der Waals surface area (Å²) in [7, 11) is 0. The maximum absolute atomic E-state index is 11.6. The van der Waals surface area contributed by atoms with Crippen LogP contribution in [0.25, 0.3) is 10.9 Å². The molecule has 0 aliphatic heterocycles. The summed E-state index contributed by atoms with van der Waals surface area (Å²) in [5.41, 5.74) is 3.33. The van der Waals surface area contributed by atoms with Crippen molar-refractivity contribution in [2.45, 2.75) is 6.92 Å². The van der Waals surface area contributed by atoms with E-state index in [1.807, 2.05) is 19.1 Å². The molecule has 2 aromatic rings. The summed E-state index contributed by atoms with van der Waals surface area (Å²) in [5.74, 6) is 5.51. The number of nitrogen functional groups attached to an aromatic ring is 1. The molecule has 1 aromatic carbocycles. The molecule has 0 saturated carbocycles. The number of hydrogen-bond acceptors (Lipinski definition) is 4. The van der Waals surface area contributed by atoms with E-state index in [9.17, 15) is 4.79 Å². The number of fused-ring (bicyclic) bond motifs is 1. The van der Waals surface area contributed by atoms with Crippen molar-refractivity contribution >= 4 is 16.8 Å². The van der Waals surface area contributed by atoms with Gasteiger partial charge in [-0.25, -0.2) is 5.84 Å². The fraction of sp³-hybridized carbons (Fsp3) is 0.167. The van der Waals surface area contributed by atoms with Crippen LogP contribution in [0, 0.1) is 0 Å². The van der Waals surface area contributed by atoms with Gasteiger partial charge in [-0.15, -0.1) is 0 Å². The van der Waals surface area contributed by atoms with Crippen LogP contribution in [0.4, 0.5) is 0 Å². The highest BCUT2D eigenvalue weighted by molar-refractivity contribution is 6.06. The zero-order valence-electron chi connectivity index (χ0n) is 9.43. The molecule has 1 heterocycles. The maximum atomic E-state index is 11.6. The van der Waals surface area contributed by atoms with Gasteiger partial charge in [0.15, 0.2) is 0 Å². The van der Waals surface area contributed by atoms with Crippen molar-refractivity contribution in [3.05, 3.63) is 36.0 Å². The van der Waals surface area contributed by atoms with Gasteiger partial charge in [0.1, 0.15) is 5.75 Å². The maximum Gasteiger partial charge on any atom is 0.265 e. The number of rotatable bonds is 3. The number of nitrogens with zero attached hydrogens (tertiary/aromatic N) is 1.